The molecule has 0 bridgehead atoms. The summed E-state index contributed by atoms with van der Waals surface area (Å²) in [4.78, 5) is 12.3. The zero-order valence-corrected chi connectivity index (χ0v) is 11.8. The maximum absolute atomic E-state index is 12.3. The fourth-order valence-corrected chi connectivity index (χ4v) is 1.96. The van der Waals surface area contributed by atoms with Gasteiger partial charge in [-0.2, -0.15) is 0 Å². The summed E-state index contributed by atoms with van der Waals surface area (Å²) in [6.07, 6.45) is 0. The molecule has 0 aliphatic carbocycles. The zero-order valence-electron chi connectivity index (χ0n) is 11.8. The highest BCUT2D eigenvalue weighted by Gasteiger charge is 2.14. The van der Waals surface area contributed by atoms with Gasteiger partial charge in [0.2, 0.25) is 0 Å². The van der Waals surface area contributed by atoms with Crippen molar-refractivity contribution in [3.05, 3.63) is 65.7 Å². The molecule has 1 unspecified atom stereocenters. The first-order valence-corrected chi connectivity index (χ1v) is 6.66. The van der Waals surface area contributed by atoms with Crippen LogP contribution in [-0.4, -0.2) is 18.9 Å². The van der Waals surface area contributed by atoms with E-state index in [2.05, 4.69) is 5.32 Å². The predicted octanol–water partition coefficient (Wildman–Crippen LogP) is 3.06. The van der Waals surface area contributed by atoms with E-state index < -0.39 is 0 Å². The third kappa shape index (κ3) is 3.68. The number of hydrogen-bond acceptors (Lipinski definition) is 3. The van der Waals surface area contributed by atoms with Gasteiger partial charge in [-0.15, -0.1) is 0 Å². The molecule has 0 amide bonds. The first-order valence-electron chi connectivity index (χ1n) is 6.66. The lowest BCUT2D eigenvalue weighted by atomic mass is 10.0. The molecule has 3 nitrogen and oxygen atoms in total. The number of ether oxygens (including phenoxy) is 1. The molecule has 0 saturated heterocycles. The normalized spacial score (nSPS) is 11.9. The molecular weight excluding hydrogens is 250 g/mol. The fourth-order valence-electron chi connectivity index (χ4n) is 1.96. The molecule has 0 radical (unpaired) electrons. The SMILES string of the molecule is COc1ccc(C(=O)C(C)NCc2ccccc2)cc1. The molecule has 20 heavy (non-hydrogen) atoms. The number of ketones is 1. The molecule has 2 aromatic rings. The summed E-state index contributed by atoms with van der Waals surface area (Å²) in [7, 11) is 1.61. The number of carbonyl (C=O) groups is 1. The third-order valence-corrected chi connectivity index (χ3v) is 3.22. The van der Waals surface area contributed by atoms with Crippen molar-refractivity contribution in [1.29, 1.82) is 0 Å². The van der Waals surface area contributed by atoms with Gasteiger partial charge in [0.05, 0.1) is 13.2 Å². The monoisotopic (exact) mass is 269 g/mol. The quantitative estimate of drug-likeness (QED) is 0.819. The summed E-state index contributed by atoms with van der Waals surface area (Å²) >= 11 is 0. The van der Waals surface area contributed by atoms with Crippen molar-refractivity contribution >= 4 is 5.78 Å². The number of benzene rings is 2. The predicted molar refractivity (Wildman–Crippen MR) is 80.1 cm³/mol. The van der Waals surface area contributed by atoms with E-state index in [9.17, 15) is 4.79 Å². The first-order chi connectivity index (χ1) is 9.70. The van der Waals surface area contributed by atoms with Gasteiger partial charge < -0.3 is 10.1 Å². The van der Waals surface area contributed by atoms with Gasteiger partial charge in [0, 0.05) is 12.1 Å². The molecule has 1 N–H and O–H groups in total. The summed E-state index contributed by atoms with van der Waals surface area (Å²) in [6.45, 7) is 2.57. The Morgan fingerprint density at radius 3 is 2.35 bits per heavy atom. The van der Waals surface area contributed by atoms with E-state index in [0.717, 1.165) is 5.75 Å². The molecule has 0 aliphatic heterocycles. The molecule has 2 rings (SSSR count). The van der Waals surface area contributed by atoms with Crippen molar-refractivity contribution in [2.45, 2.75) is 19.5 Å². The van der Waals surface area contributed by atoms with Crippen LogP contribution in [0.2, 0.25) is 0 Å². The van der Waals surface area contributed by atoms with Crippen molar-refractivity contribution in [2.75, 3.05) is 7.11 Å². The largest absolute Gasteiger partial charge is 0.497 e. The second-order valence-electron chi connectivity index (χ2n) is 4.68. The topological polar surface area (TPSA) is 38.3 Å². The summed E-state index contributed by atoms with van der Waals surface area (Å²) < 4.78 is 5.09. The molecule has 0 saturated carbocycles. The van der Waals surface area contributed by atoms with Crippen LogP contribution in [0.25, 0.3) is 0 Å². The molecule has 1 atom stereocenters. The Morgan fingerprint density at radius 1 is 1.10 bits per heavy atom. The van der Waals surface area contributed by atoms with Gasteiger partial charge >= 0.3 is 0 Å². The summed E-state index contributed by atoms with van der Waals surface area (Å²) in [6, 6.07) is 17.0. The fraction of sp³-hybridized carbons (Fsp3) is 0.235. The summed E-state index contributed by atoms with van der Waals surface area (Å²) in [5.41, 5.74) is 1.86. The van der Waals surface area contributed by atoms with E-state index in [1.54, 1.807) is 31.4 Å². The number of methoxy groups -OCH3 is 1. The number of carbonyl (C=O) groups excluding carboxylic acids is 1. The van der Waals surface area contributed by atoms with Crippen LogP contribution < -0.4 is 10.1 Å². The van der Waals surface area contributed by atoms with Crippen molar-refractivity contribution in [3.8, 4) is 5.75 Å². The van der Waals surface area contributed by atoms with Gasteiger partial charge in [-0.1, -0.05) is 30.3 Å². The maximum Gasteiger partial charge on any atom is 0.179 e. The van der Waals surface area contributed by atoms with Crippen molar-refractivity contribution in [1.82, 2.24) is 5.32 Å². The highest BCUT2D eigenvalue weighted by Crippen LogP contribution is 2.13. The standard InChI is InChI=1S/C17H19NO2/c1-13(18-12-14-6-4-3-5-7-14)17(19)15-8-10-16(20-2)11-9-15/h3-11,13,18H,12H2,1-2H3. The van der Waals surface area contributed by atoms with Crippen LogP contribution in [0.5, 0.6) is 5.75 Å². The minimum absolute atomic E-state index is 0.0867. The van der Waals surface area contributed by atoms with E-state index in [0.29, 0.717) is 12.1 Å². The Kier molecular flexibility index (Phi) is 4.91. The molecule has 0 aliphatic rings. The molecule has 0 spiro atoms. The average molecular weight is 269 g/mol. The van der Waals surface area contributed by atoms with Gasteiger partial charge in [0.1, 0.15) is 5.75 Å². The minimum atomic E-state index is -0.219. The van der Waals surface area contributed by atoms with Crippen LogP contribution in [0.4, 0.5) is 0 Å². The molecule has 3 heteroatoms. The summed E-state index contributed by atoms with van der Waals surface area (Å²) in [5.74, 6) is 0.843. The van der Waals surface area contributed by atoms with E-state index in [4.69, 9.17) is 4.74 Å². The Bertz CT molecular complexity index is 549. The smallest absolute Gasteiger partial charge is 0.179 e. The number of rotatable bonds is 6. The highest BCUT2D eigenvalue weighted by atomic mass is 16.5. The van der Waals surface area contributed by atoms with Crippen LogP contribution in [0.1, 0.15) is 22.8 Å². The Labute approximate surface area is 119 Å². The van der Waals surface area contributed by atoms with Crippen molar-refractivity contribution < 1.29 is 9.53 Å². The number of nitrogens with one attached hydrogen (secondary N) is 1. The molecule has 0 fully saturated rings. The first kappa shape index (κ1) is 14.3. The lowest BCUT2D eigenvalue weighted by Crippen LogP contribution is -2.33. The number of Topliss-reactive ketones (excluding diaryl/α,β-unsaturated/α-hetero) is 1. The second-order valence-corrected chi connectivity index (χ2v) is 4.68. The van der Waals surface area contributed by atoms with Crippen LogP contribution >= 0.6 is 0 Å². The second kappa shape index (κ2) is 6.87. The van der Waals surface area contributed by atoms with Gasteiger partial charge in [-0.3, -0.25) is 4.79 Å². The molecule has 0 heterocycles. The van der Waals surface area contributed by atoms with Crippen LogP contribution in [0, 0.1) is 0 Å². The van der Waals surface area contributed by atoms with Crippen molar-refractivity contribution in [2.24, 2.45) is 0 Å². The van der Waals surface area contributed by atoms with Crippen LogP contribution in [0.15, 0.2) is 54.6 Å². The Balaban J connectivity index is 1.94. The van der Waals surface area contributed by atoms with Crippen molar-refractivity contribution in [3.63, 3.8) is 0 Å². The van der Waals surface area contributed by atoms with Crippen LogP contribution in [-0.2, 0) is 6.54 Å². The third-order valence-electron chi connectivity index (χ3n) is 3.22. The maximum atomic E-state index is 12.3. The molecular formula is C17H19NO2. The van der Waals surface area contributed by atoms with E-state index in [1.807, 2.05) is 37.3 Å². The molecule has 0 aromatic heterocycles. The Morgan fingerprint density at radius 2 is 1.75 bits per heavy atom. The molecule has 104 valence electrons. The van der Waals surface area contributed by atoms with Gasteiger partial charge in [0.25, 0.3) is 0 Å². The highest BCUT2D eigenvalue weighted by molar-refractivity contribution is 5.99. The Hall–Kier alpha value is -2.13. The van der Waals surface area contributed by atoms with E-state index in [-0.39, 0.29) is 11.8 Å². The van der Waals surface area contributed by atoms with E-state index in [1.165, 1.54) is 5.56 Å². The lowest BCUT2D eigenvalue weighted by Gasteiger charge is -2.13. The minimum Gasteiger partial charge on any atom is -0.497 e. The van der Waals surface area contributed by atoms with Crippen LogP contribution in [0.3, 0.4) is 0 Å². The lowest BCUT2D eigenvalue weighted by molar-refractivity contribution is 0.0950. The molecule has 2 aromatic carbocycles. The number of hydrogen-bond donors (Lipinski definition) is 1. The average Bonchev–Trinajstić information content (AvgIpc) is 2.53. The van der Waals surface area contributed by atoms with E-state index >= 15 is 0 Å². The zero-order chi connectivity index (χ0) is 14.4. The van der Waals surface area contributed by atoms with Gasteiger partial charge in [-0.25, -0.2) is 0 Å². The van der Waals surface area contributed by atoms with Gasteiger partial charge in [0.15, 0.2) is 5.78 Å². The van der Waals surface area contributed by atoms with Gasteiger partial charge in [-0.05, 0) is 36.8 Å². The summed E-state index contributed by atoms with van der Waals surface area (Å²) in [5, 5.41) is 3.24.